The number of carbonyl (C=O) groups is 1. The number of urea groups is 1. The predicted molar refractivity (Wildman–Crippen MR) is 51.5 cm³/mol. The first kappa shape index (κ1) is 9.25. The topological polar surface area (TPSA) is 67.5 Å². The fourth-order valence-corrected chi connectivity index (χ4v) is 0.897. The number of hydrazone groups is 1. The highest BCUT2D eigenvalue weighted by atomic mass is 16.2. The van der Waals surface area contributed by atoms with Gasteiger partial charge in [-0.15, -0.1) is 0 Å². The Morgan fingerprint density at radius 3 is 2.85 bits per heavy atom. The zero-order chi connectivity index (χ0) is 9.68. The standard InChI is InChI=1S/C9H11N3O/c1-7-4-2-3-5-8(7)6-11-12-9(10)13/h2-6H,1H3,(H3,10,12,13). The molecule has 0 fully saturated rings. The molecular formula is C9H11N3O. The molecule has 68 valence electrons. The molecule has 0 bridgehead atoms. The van der Waals surface area contributed by atoms with Crippen molar-refractivity contribution in [2.45, 2.75) is 6.92 Å². The predicted octanol–water partition coefficient (Wildman–Crippen LogP) is 0.997. The van der Waals surface area contributed by atoms with Gasteiger partial charge >= 0.3 is 6.03 Å². The quantitative estimate of drug-likeness (QED) is 0.513. The number of nitrogens with zero attached hydrogens (tertiary/aromatic N) is 1. The molecule has 0 aliphatic heterocycles. The van der Waals surface area contributed by atoms with E-state index in [2.05, 4.69) is 10.5 Å². The van der Waals surface area contributed by atoms with Crippen LogP contribution in [-0.2, 0) is 0 Å². The lowest BCUT2D eigenvalue weighted by Crippen LogP contribution is -2.24. The maximum absolute atomic E-state index is 10.3. The van der Waals surface area contributed by atoms with Gasteiger partial charge in [0.05, 0.1) is 6.21 Å². The van der Waals surface area contributed by atoms with Gasteiger partial charge < -0.3 is 5.73 Å². The third kappa shape index (κ3) is 2.94. The van der Waals surface area contributed by atoms with E-state index in [1.165, 1.54) is 0 Å². The van der Waals surface area contributed by atoms with Gasteiger partial charge in [0.1, 0.15) is 0 Å². The van der Waals surface area contributed by atoms with Gasteiger partial charge in [0.15, 0.2) is 0 Å². The van der Waals surface area contributed by atoms with Crippen molar-refractivity contribution in [1.29, 1.82) is 0 Å². The van der Waals surface area contributed by atoms with Crippen LogP contribution >= 0.6 is 0 Å². The highest BCUT2D eigenvalue weighted by Gasteiger charge is 1.91. The molecule has 0 unspecified atom stereocenters. The van der Waals surface area contributed by atoms with Crippen molar-refractivity contribution < 1.29 is 4.79 Å². The first-order valence-electron chi connectivity index (χ1n) is 3.84. The molecule has 1 rings (SSSR count). The number of rotatable bonds is 2. The minimum Gasteiger partial charge on any atom is -0.350 e. The second kappa shape index (κ2) is 4.25. The van der Waals surface area contributed by atoms with Gasteiger partial charge in [-0.2, -0.15) is 5.10 Å². The van der Waals surface area contributed by atoms with Crippen LogP contribution in [-0.4, -0.2) is 12.2 Å². The van der Waals surface area contributed by atoms with Crippen molar-refractivity contribution in [1.82, 2.24) is 5.43 Å². The van der Waals surface area contributed by atoms with E-state index in [4.69, 9.17) is 5.73 Å². The van der Waals surface area contributed by atoms with Crippen LogP contribution in [0.1, 0.15) is 11.1 Å². The van der Waals surface area contributed by atoms with Crippen molar-refractivity contribution in [2.75, 3.05) is 0 Å². The molecule has 4 heteroatoms. The Bertz CT molecular complexity index is 333. The molecule has 0 radical (unpaired) electrons. The maximum Gasteiger partial charge on any atom is 0.332 e. The Morgan fingerprint density at radius 2 is 2.23 bits per heavy atom. The molecule has 3 N–H and O–H groups in total. The molecule has 13 heavy (non-hydrogen) atoms. The summed E-state index contributed by atoms with van der Waals surface area (Å²) in [4.78, 5) is 10.3. The van der Waals surface area contributed by atoms with Crippen LogP contribution in [0.3, 0.4) is 0 Å². The Labute approximate surface area is 76.4 Å². The normalized spacial score (nSPS) is 10.2. The van der Waals surface area contributed by atoms with E-state index in [1.807, 2.05) is 31.2 Å². The number of primary amides is 1. The van der Waals surface area contributed by atoms with Crippen molar-refractivity contribution in [3.8, 4) is 0 Å². The number of benzene rings is 1. The van der Waals surface area contributed by atoms with Crippen LogP contribution in [0.4, 0.5) is 4.79 Å². The summed E-state index contributed by atoms with van der Waals surface area (Å²) in [6, 6.07) is 7.05. The number of aryl methyl sites for hydroxylation is 1. The molecule has 4 nitrogen and oxygen atoms in total. The fourth-order valence-electron chi connectivity index (χ4n) is 0.897. The molecule has 0 atom stereocenters. The summed E-state index contributed by atoms with van der Waals surface area (Å²) < 4.78 is 0. The van der Waals surface area contributed by atoms with Crippen LogP contribution < -0.4 is 11.2 Å². The van der Waals surface area contributed by atoms with E-state index in [-0.39, 0.29) is 0 Å². The SMILES string of the molecule is Cc1ccccc1C=NNC(N)=O. The Morgan fingerprint density at radius 1 is 1.54 bits per heavy atom. The summed E-state index contributed by atoms with van der Waals surface area (Å²) in [5.41, 5.74) is 9.01. The Kier molecular flexibility index (Phi) is 3.03. The van der Waals surface area contributed by atoms with Gasteiger partial charge in [0.25, 0.3) is 0 Å². The van der Waals surface area contributed by atoms with E-state index in [0.717, 1.165) is 11.1 Å². The van der Waals surface area contributed by atoms with Gasteiger partial charge in [0.2, 0.25) is 0 Å². The van der Waals surface area contributed by atoms with Gasteiger partial charge in [0, 0.05) is 0 Å². The molecule has 2 amide bonds. The molecule has 0 aromatic heterocycles. The van der Waals surface area contributed by atoms with Gasteiger partial charge in [-0.05, 0) is 18.1 Å². The van der Waals surface area contributed by atoms with Crippen molar-refractivity contribution in [2.24, 2.45) is 10.8 Å². The van der Waals surface area contributed by atoms with Gasteiger partial charge in [-0.1, -0.05) is 24.3 Å². The van der Waals surface area contributed by atoms with Crippen LogP contribution in [0.2, 0.25) is 0 Å². The molecule has 0 spiro atoms. The van der Waals surface area contributed by atoms with Gasteiger partial charge in [-0.25, -0.2) is 10.2 Å². The third-order valence-electron chi connectivity index (χ3n) is 1.57. The lowest BCUT2D eigenvalue weighted by atomic mass is 10.1. The van der Waals surface area contributed by atoms with Crippen LogP contribution in [0.15, 0.2) is 29.4 Å². The zero-order valence-corrected chi connectivity index (χ0v) is 7.32. The van der Waals surface area contributed by atoms with Crippen molar-refractivity contribution in [3.05, 3.63) is 35.4 Å². The molecular weight excluding hydrogens is 166 g/mol. The summed E-state index contributed by atoms with van der Waals surface area (Å²) in [6.07, 6.45) is 1.56. The van der Waals surface area contributed by atoms with Crippen molar-refractivity contribution >= 4 is 12.2 Å². The molecule has 1 aromatic carbocycles. The first-order valence-corrected chi connectivity index (χ1v) is 3.84. The minimum atomic E-state index is -0.662. The summed E-state index contributed by atoms with van der Waals surface area (Å²) in [5.74, 6) is 0. The Balaban J connectivity index is 2.68. The number of carbonyl (C=O) groups excluding carboxylic acids is 1. The van der Waals surface area contributed by atoms with E-state index in [1.54, 1.807) is 6.21 Å². The second-order valence-corrected chi connectivity index (χ2v) is 2.59. The molecule has 0 saturated heterocycles. The van der Waals surface area contributed by atoms with Crippen LogP contribution in [0.25, 0.3) is 0 Å². The highest BCUT2D eigenvalue weighted by Crippen LogP contribution is 2.02. The fraction of sp³-hybridized carbons (Fsp3) is 0.111. The zero-order valence-electron chi connectivity index (χ0n) is 7.32. The lowest BCUT2D eigenvalue weighted by molar-refractivity contribution is 0.249. The first-order chi connectivity index (χ1) is 6.20. The smallest absolute Gasteiger partial charge is 0.332 e. The molecule has 0 heterocycles. The average molecular weight is 177 g/mol. The number of hydrogen-bond acceptors (Lipinski definition) is 2. The van der Waals surface area contributed by atoms with Crippen LogP contribution in [0, 0.1) is 6.92 Å². The third-order valence-corrected chi connectivity index (χ3v) is 1.57. The second-order valence-electron chi connectivity index (χ2n) is 2.59. The molecule has 0 saturated carbocycles. The number of nitrogens with one attached hydrogen (secondary N) is 1. The van der Waals surface area contributed by atoms with E-state index >= 15 is 0 Å². The van der Waals surface area contributed by atoms with Crippen molar-refractivity contribution in [3.63, 3.8) is 0 Å². The summed E-state index contributed by atoms with van der Waals surface area (Å²) in [7, 11) is 0. The molecule has 1 aromatic rings. The van der Waals surface area contributed by atoms with Crippen LogP contribution in [0.5, 0.6) is 0 Å². The highest BCUT2D eigenvalue weighted by molar-refractivity contribution is 5.82. The summed E-state index contributed by atoms with van der Waals surface area (Å²) in [5, 5.41) is 3.65. The van der Waals surface area contributed by atoms with E-state index in [9.17, 15) is 4.79 Å². The number of hydrogen-bond donors (Lipinski definition) is 2. The van der Waals surface area contributed by atoms with E-state index < -0.39 is 6.03 Å². The monoisotopic (exact) mass is 177 g/mol. The molecule has 0 aliphatic carbocycles. The average Bonchev–Trinajstić information content (AvgIpc) is 2.08. The Hall–Kier alpha value is -1.84. The molecule has 0 aliphatic rings. The lowest BCUT2D eigenvalue weighted by Gasteiger charge is -1.97. The minimum absolute atomic E-state index is 0.662. The largest absolute Gasteiger partial charge is 0.350 e. The van der Waals surface area contributed by atoms with Gasteiger partial charge in [-0.3, -0.25) is 0 Å². The maximum atomic E-state index is 10.3. The van der Waals surface area contributed by atoms with E-state index in [0.29, 0.717) is 0 Å². The number of nitrogens with two attached hydrogens (primary N) is 1. The summed E-state index contributed by atoms with van der Waals surface area (Å²) in [6.45, 7) is 1.96. The summed E-state index contributed by atoms with van der Waals surface area (Å²) >= 11 is 0. The number of amides is 2.